The van der Waals surface area contributed by atoms with Crippen LogP contribution in [0.15, 0.2) is 47.6 Å². The van der Waals surface area contributed by atoms with Gasteiger partial charge in [-0.2, -0.15) is 5.10 Å². The fourth-order valence-electron chi connectivity index (χ4n) is 2.54. The molecule has 146 valence electrons. The summed E-state index contributed by atoms with van der Waals surface area (Å²) in [6, 6.07) is 12.5. The molecule has 1 fully saturated rings. The molecule has 1 aliphatic rings. The highest BCUT2D eigenvalue weighted by Gasteiger charge is 2.18. The van der Waals surface area contributed by atoms with Gasteiger partial charge in [0.05, 0.1) is 15.7 Å². The Labute approximate surface area is 171 Å². The standard InChI is InChI=1S/C19H19N3O4S2/c1-13-2-3-14(10-17(13)22(24)25)11-20-21-18(23)12-26-16-6-4-15(5-7-16)19-27-8-9-28-19/h2-7,10-11,19H,8-9,12H2,1H3,(H,21,23)/b20-11-. The first-order valence-corrected chi connectivity index (χ1v) is 10.7. The largest absolute Gasteiger partial charge is 0.484 e. The Morgan fingerprint density at radius 3 is 2.68 bits per heavy atom. The van der Waals surface area contributed by atoms with Crippen molar-refractivity contribution in [2.75, 3.05) is 18.1 Å². The van der Waals surface area contributed by atoms with Gasteiger partial charge in [0.25, 0.3) is 11.6 Å². The van der Waals surface area contributed by atoms with Crippen LogP contribution in [-0.2, 0) is 4.79 Å². The molecule has 0 aromatic heterocycles. The molecule has 7 nitrogen and oxygen atoms in total. The van der Waals surface area contributed by atoms with Crippen molar-refractivity contribution in [2.45, 2.75) is 11.5 Å². The summed E-state index contributed by atoms with van der Waals surface area (Å²) in [7, 11) is 0. The molecule has 2 aromatic carbocycles. The van der Waals surface area contributed by atoms with E-state index in [0.29, 0.717) is 21.5 Å². The maximum absolute atomic E-state index is 11.8. The van der Waals surface area contributed by atoms with E-state index in [4.69, 9.17) is 4.74 Å². The Morgan fingerprint density at radius 2 is 2.00 bits per heavy atom. The van der Waals surface area contributed by atoms with E-state index in [0.717, 1.165) is 0 Å². The second kappa shape index (κ2) is 9.61. The summed E-state index contributed by atoms with van der Waals surface area (Å²) in [4.78, 5) is 22.3. The van der Waals surface area contributed by atoms with E-state index in [1.54, 1.807) is 19.1 Å². The van der Waals surface area contributed by atoms with Gasteiger partial charge in [0, 0.05) is 28.7 Å². The number of carbonyl (C=O) groups is 1. The molecule has 2 aromatic rings. The van der Waals surface area contributed by atoms with Crippen molar-refractivity contribution in [1.82, 2.24) is 5.43 Å². The average molecular weight is 418 g/mol. The van der Waals surface area contributed by atoms with Gasteiger partial charge in [0.15, 0.2) is 6.61 Å². The van der Waals surface area contributed by atoms with Gasteiger partial charge in [-0.05, 0) is 24.6 Å². The summed E-state index contributed by atoms with van der Waals surface area (Å²) in [5.41, 5.74) is 4.70. The number of benzene rings is 2. The quantitative estimate of drug-likeness (QED) is 0.417. The third-order valence-electron chi connectivity index (χ3n) is 3.98. The molecule has 0 radical (unpaired) electrons. The zero-order valence-corrected chi connectivity index (χ0v) is 16.8. The number of hydrogen-bond acceptors (Lipinski definition) is 7. The van der Waals surface area contributed by atoms with E-state index in [9.17, 15) is 14.9 Å². The average Bonchev–Trinajstić information content (AvgIpc) is 3.22. The van der Waals surface area contributed by atoms with E-state index in [2.05, 4.69) is 10.5 Å². The Balaban J connectivity index is 1.47. The molecule has 0 spiro atoms. The van der Waals surface area contributed by atoms with Crippen LogP contribution in [0.5, 0.6) is 5.75 Å². The highest BCUT2D eigenvalue weighted by Crippen LogP contribution is 2.45. The normalized spacial score (nSPS) is 14.3. The molecule has 1 N–H and O–H groups in total. The number of nitro groups is 1. The first kappa shape index (κ1) is 20.2. The van der Waals surface area contributed by atoms with E-state index in [-0.39, 0.29) is 12.3 Å². The van der Waals surface area contributed by atoms with Crippen LogP contribution in [0.25, 0.3) is 0 Å². The maximum atomic E-state index is 11.8. The Kier molecular flexibility index (Phi) is 6.94. The summed E-state index contributed by atoms with van der Waals surface area (Å²) in [5.74, 6) is 2.54. The Hall–Kier alpha value is -2.52. The van der Waals surface area contributed by atoms with E-state index in [1.807, 2.05) is 47.8 Å². The SMILES string of the molecule is Cc1ccc(/C=N\NC(=O)COc2ccc(C3SCCS3)cc2)cc1[N+](=O)[O-]. The molecule has 28 heavy (non-hydrogen) atoms. The number of ether oxygens (including phenoxy) is 1. The topological polar surface area (TPSA) is 93.8 Å². The second-order valence-electron chi connectivity index (χ2n) is 6.03. The van der Waals surface area contributed by atoms with Gasteiger partial charge in [0.2, 0.25) is 0 Å². The number of hydrazone groups is 1. The zero-order chi connectivity index (χ0) is 19.9. The number of thioether (sulfide) groups is 2. The second-order valence-corrected chi connectivity index (χ2v) is 8.75. The maximum Gasteiger partial charge on any atom is 0.277 e. The van der Waals surface area contributed by atoms with Gasteiger partial charge in [-0.15, -0.1) is 23.5 Å². The third-order valence-corrected chi connectivity index (χ3v) is 7.08. The van der Waals surface area contributed by atoms with Crippen LogP contribution in [0, 0.1) is 17.0 Å². The molecule has 0 unspecified atom stereocenters. The van der Waals surface area contributed by atoms with Crippen molar-refractivity contribution in [2.24, 2.45) is 5.10 Å². The van der Waals surface area contributed by atoms with Gasteiger partial charge in [-0.3, -0.25) is 14.9 Å². The van der Waals surface area contributed by atoms with Gasteiger partial charge in [-0.25, -0.2) is 5.43 Å². The molecule has 1 saturated heterocycles. The Morgan fingerprint density at radius 1 is 1.29 bits per heavy atom. The number of nitrogens with zero attached hydrogens (tertiary/aromatic N) is 2. The lowest BCUT2D eigenvalue weighted by Crippen LogP contribution is -2.24. The van der Waals surface area contributed by atoms with Crippen LogP contribution in [0.1, 0.15) is 21.3 Å². The van der Waals surface area contributed by atoms with Crippen LogP contribution in [0.2, 0.25) is 0 Å². The number of rotatable bonds is 7. The summed E-state index contributed by atoms with van der Waals surface area (Å²) in [5, 5.41) is 14.8. The van der Waals surface area contributed by atoms with Crippen LogP contribution in [0.3, 0.4) is 0 Å². The summed E-state index contributed by atoms with van der Waals surface area (Å²) >= 11 is 3.87. The predicted molar refractivity (Wildman–Crippen MR) is 113 cm³/mol. The van der Waals surface area contributed by atoms with Gasteiger partial charge < -0.3 is 4.74 Å². The zero-order valence-electron chi connectivity index (χ0n) is 15.2. The summed E-state index contributed by atoms with van der Waals surface area (Å²) in [6.07, 6.45) is 1.36. The highest BCUT2D eigenvalue weighted by atomic mass is 32.2. The number of hydrogen-bond donors (Lipinski definition) is 1. The molecule has 3 rings (SSSR count). The van der Waals surface area contributed by atoms with Crippen molar-refractivity contribution in [1.29, 1.82) is 0 Å². The third kappa shape index (κ3) is 5.49. The summed E-state index contributed by atoms with van der Waals surface area (Å²) < 4.78 is 5.94. The lowest BCUT2D eigenvalue weighted by atomic mass is 10.1. The summed E-state index contributed by atoms with van der Waals surface area (Å²) in [6.45, 7) is 1.49. The monoisotopic (exact) mass is 417 g/mol. The lowest BCUT2D eigenvalue weighted by Gasteiger charge is -2.10. The van der Waals surface area contributed by atoms with E-state index < -0.39 is 10.8 Å². The van der Waals surface area contributed by atoms with Crippen LogP contribution in [-0.4, -0.2) is 35.2 Å². The van der Waals surface area contributed by atoms with Crippen molar-refractivity contribution < 1.29 is 14.5 Å². The van der Waals surface area contributed by atoms with Crippen LogP contribution < -0.4 is 10.2 Å². The fraction of sp³-hybridized carbons (Fsp3) is 0.263. The molecule has 1 heterocycles. The first-order valence-electron chi connectivity index (χ1n) is 8.56. The lowest BCUT2D eigenvalue weighted by molar-refractivity contribution is -0.385. The highest BCUT2D eigenvalue weighted by molar-refractivity contribution is 8.19. The van der Waals surface area contributed by atoms with Gasteiger partial charge in [0.1, 0.15) is 5.75 Å². The van der Waals surface area contributed by atoms with Crippen molar-refractivity contribution in [3.05, 3.63) is 69.3 Å². The van der Waals surface area contributed by atoms with Crippen LogP contribution in [0.4, 0.5) is 5.69 Å². The minimum absolute atomic E-state index is 0.0106. The number of aryl methyl sites for hydroxylation is 1. The van der Waals surface area contributed by atoms with Crippen molar-refractivity contribution in [3.8, 4) is 5.75 Å². The van der Waals surface area contributed by atoms with Gasteiger partial charge >= 0.3 is 0 Å². The van der Waals surface area contributed by atoms with Crippen molar-refractivity contribution in [3.63, 3.8) is 0 Å². The predicted octanol–water partition coefficient (Wildman–Crippen LogP) is 3.91. The molecule has 0 saturated carbocycles. The molecule has 1 aliphatic heterocycles. The fourth-order valence-corrected chi connectivity index (χ4v) is 5.39. The molecule has 9 heteroatoms. The van der Waals surface area contributed by atoms with Crippen LogP contribution >= 0.6 is 23.5 Å². The minimum Gasteiger partial charge on any atom is -0.484 e. The number of carbonyl (C=O) groups excluding carboxylic acids is 1. The molecule has 0 aliphatic carbocycles. The van der Waals surface area contributed by atoms with Gasteiger partial charge in [-0.1, -0.05) is 24.3 Å². The van der Waals surface area contributed by atoms with Crippen molar-refractivity contribution >= 4 is 41.3 Å². The number of nitrogens with one attached hydrogen (secondary N) is 1. The first-order chi connectivity index (χ1) is 13.5. The molecule has 0 atom stereocenters. The molecule has 1 amide bonds. The molecule has 0 bridgehead atoms. The van der Waals surface area contributed by atoms with E-state index >= 15 is 0 Å². The number of amides is 1. The molecular weight excluding hydrogens is 398 g/mol. The van der Waals surface area contributed by atoms with E-state index in [1.165, 1.54) is 29.4 Å². The minimum atomic E-state index is -0.450. The Bertz CT molecular complexity index is 881. The number of nitro benzene ring substituents is 1. The smallest absolute Gasteiger partial charge is 0.277 e. The molecular formula is C19H19N3O4S2.